The molecule has 0 aliphatic heterocycles. The molecule has 0 saturated carbocycles. The first kappa shape index (κ1) is 12.0. The van der Waals surface area contributed by atoms with Crippen LogP contribution in [-0.4, -0.2) is 11.5 Å². The minimum Gasteiger partial charge on any atom is -0.379 e. The van der Waals surface area contributed by atoms with E-state index in [9.17, 15) is 10.1 Å². The van der Waals surface area contributed by atoms with Crippen molar-refractivity contribution in [3.63, 3.8) is 0 Å². The topological polar surface area (TPSA) is 55.2 Å². The summed E-state index contributed by atoms with van der Waals surface area (Å²) in [7, 11) is 0. The van der Waals surface area contributed by atoms with Gasteiger partial charge in [-0.2, -0.15) is 0 Å². The molecule has 15 heavy (non-hydrogen) atoms. The first-order chi connectivity index (χ1) is 7.00. The Morgan fingerprint density at radius 1 is 1.67 bits per heavy atom. The summed E-state index contributed by atoms with van der Waals surface area (Å²) in [5.74, 6) is 0. The number of halogens is 2. The van der Waals surface area contributed by atoms with E-state index in [1.165, 1.54) is 12.1 Å². The second kappa shape index (κ2) is 5.14. The van der Waals surface area contributed by atoms with Gasteiger partial charge in [-0.25, -0.2) is 0 Å². The number of nitro groups is 1. The van der Waals surface area contributed by atoms with E-state index >= 15 is 0 Å². The predicted molar refractivity (Wildman–Crippen MR) is 64.3 cm³/mol. The highest BCUT2D eigenvalue weighted by Crippen LogP contribution is 2.27. The van der Waals surface area contributed by atoms with Gasteiger partial charge < -0.3 is 5.32 Å². The summed E-state index contributed by atoms with van der Waals surface area (Å²) < 4.78 is 0.620. The van der Waals surface area contributed by atoms with E-state index in [0.717, 1.165) is 5.69 Å². The Kier molecular flexibility index (Phi) is 4.11. The standard InChI is InChI=1S/C9H8BrClN2O2/c1-6(11)5-12-9-3-2-7(13(14)15)4-8(9)10/h2-4,12H,1,5H2. The molecule has 0 radical (unpaired) electrons. The van der Waals surface area contributed by atoms with Crippen LogP contribution >= 0.6 is 27.5 Å². The third-order valence-corrected chi connectivity index (χ3v) is 2.42. The molecule has 0 bridgehead atoms. The van der Waals surface area contributed by atoms with Gasteiger partial charge in [0.2, 0.25) is 0 Å². The number of nitrogens with one attached hydrogen (secondary N) is 1. The van der Waals surface area contributed by atoms with Gasteiger partial charge in [0.25, 0.3) is 5.69 Å². The SMILES string of the molecule is C=C(Cl)CNc1ccc([N+](=O)[O-])cc1Br. The molecule has 4 nitrogen and oxygen atoms in total. The molecular weight excluding hydrogens is 283 g/mol. The van der Waals surface area contributed by atoms with Crippen molar-refractivity contribution in [3.05, 3.63) is 44.4 Å². The van der Waals surface area contributed by atoms with Gasteiger partial charge in [0.15, 0.2) is 0 Å². The highest BCUT2D eigenvalue weighted by atomic mass is 79.9. The van der Waals surface area contributed by atoms with Gasteiger partial charge in [-0.05, 0) is 22.0 Å². The zero-order valence-corrected chi connectivity index (χ0v) is 10.0. The zero-order valence-electron chi connectivity index (χ0n) is 7.67. The van der Waals surface area contributed by atoms with Crippen molar-refractivity contribution in [2.75, 3.05) is 11.9 Å². The Bertz CT molecular complexity index is 409. The van der Waals surface area contributed by atoms with Crippen molar-refractivity contribution < 1.29 is 4.92 Å². The van der Waals surface area contributed by atoms with Gasteiger partial charge >= 0.3 is 0 Å². The molecule has 80 valence electrons. The maximum Gasteiger partial charge on any atom is 0.270 e. The second-order valence-electron chi connectivity index (χ2n) is 2.79. The monoisotopic (exact) mass is 290 g/mol. The zero-order chi connectivity index (χ0) is 11.4. The third-order valence-electron chi connectivity index (χ3n) is 1.63. The predicted octanol–water partition coefficient (Wildman–Crippen LogP) is 3.52. The van der Waals surface area contributed by atoms with Crippen molar-refractivity contribution in [3.8, 4) is 0 Å². The van der Waals surface area contributed by atoms with Crippen LogP contribution in [-0.2, 0) is 0 Å². The number of hydrogen-bond acceptors (Lipinski definition) is 3. The van der Waals surface area contributed by atoms with Crippen LogP contribution in [0.5, 0.6) is 0 Å². The number of anilines is 1. The fourth-order valence-electron chi connectivity index (χ4n) is 0.952. The average molecular weight is 292 g/mol. The number of non-ortho nitro benzene ring substituents is 1. The number of nitrogens with zero attached hydrogens (tertiary/aromatic N) is 1. The molecule has 0 unspecified atom stereocenters. The van der Waals surface area contributed by atoms with Crippen molar-refractivity contribution in [1.29, 1.82) is 0 Å². The van der Waals surface area contributed by atoms with Gasteiger partial charge in [0, 0.05) is 27.3 Å². The quantitative estimate of drug-likeness (QED) is 0.682. The van der Waals surface area contributed by atoms with Crippen molar-refractivity contribution in [2.24, 2.45) is 0 Å². The molecule has 1 rings (SSSR count). The summed E-state index contributed by atoms with van der Waals surface area (Å²) >= 11 is 8.81. The molecule has 6 heteroatoms. The molecule has 0 aromatic heterocycles. The molecule has 0 spiro atoms. The first-order valence-corrected chi connectivity index (χ1v) is 5.19. The maximum atomic E-state index is 10.5. The molecule has 0 aliphatic rings. The molecule has 1 aromatic carbocycles. The summed E-state index contributed by atoms with van der Waals surface area (Å²) in [6.45, 7) is 3.94. The van der Waals surface area contributed by atoms with Crippen LogP contribution in [0.15, 0.2) is 34.3 Å². The lowest BCUT2D eigenvalue weighted by atomic mass is 10.3. The Hall–Kier alpha value is -1.07. The summed E-state index contributed by atoms with van der Waals surface area (Å²) in [5.41, 5.74) is 0.777. The van der Waals surface area contributed by atoms with Crippen LogP contribution in [0, 0.1) is 10.1 Å². The Labute approximate surface area is 100 Å². The molecule has 0 amide bonds. The minimum atomic E-state index is -0.449. The normalized spacial score (nSPS) is 9.73. The summed E-state index contributed by atoms with van der Waals surface area (Å²) in [6.07, 6.45) is 0. The van der Waals surface area contributed by atoms with E-state index in [0.29, 0.717) is 16.0 Å². The molecule has 0 saturated heterocycles. The molecular formula is C9H8BrClN2O2. The van der Waals surface area contributed by atoms with E-state index in [-0.39, 0.29) is 5.69 Å². The van der Waals surface area contributed by atoms with E-state index in [1.807, 2.05) is 0 Å². The van der Waals surface area contributed by atoms with Gasteiger partial charge in [-0.1, -0.05) is 18.2 Å². The first-order valence-electron chi connectivity index (χ1n) is 4.02. The van der Waals surface area contributed by atoms with Gasteiger partial charge in [-0.3, -0.25) is 10.1 Å². The molecule has 0 aliphatic carbocycles. The highest BCUT2D eigenvalue weighted by Gasteiger charge is 2.08. The summed E-state index contributed by atoms with van der Waals surface area (Å²) in [6, 6.07) is 4.46. The molecule has 1 N–H and O–H groups in total. The lowest BCUT2D eigenvalue weighted by Gasteiger charge is -2.06. The maximum absolute atomic E-state index is 10.5. The largest absolute Gasteiger partial charge is 0.379 e. The van der Waals surface area contributed by atoms with Crippen LogP contribution < -0.4 is 5.32 Å². The van der Waals surface area contributed by atoms with Crippen LogP contribution in [0.4, 0.5) is 11.4 Å². The van der Waals surface area contributed by atoms with Crippen LogP contribution in [0.1, 0.15) is 0 Å². The molecule has 0 atom stereocenters. The fraction of sp³-hybridized carbons (Fsp3) is 0.111. The highest BCUT2D eigenvalue weighted by molar-refractivity contribution is 9.10. The summed E-state index contributed by atoms with van der Waals surface area (Å²) in [4.78, 5) is 10.0. The van der Waals surface area contributed by atoms with Crippen molar-refractivity contribution in [1.82, 2.24) is 0 Å². The van der Waals surface area contributed by atoms with Crippen molar-refractivity contribution >= 4 is 38.9 Å². The Balaban J connectivity index is 2.83. The lowest BCUT2D eigenvalue weighted by molar-refractivity contribution is -0.384. The van der Waals surface area contributed by atoms with E-state index < -0.39 is 4.92 Å². The molecule has 0 fully saturated rings. The van der Waals surface area contributed by atoms with Crippen LogP contribution in [0.3, 0.4) is 0 Å². The number of nitro benzene ring substituents is 1. The van der Waals surface area contributed by atoms with Crippen molar-refractivity contribution in [2.45, 2.75) is 0 Å². The van der Waals surface area contributed by atoms with E-state index in [2.05, 4.69) is 27.8 Å². The Morgan fingerprint density at radius 3 is 2.80 bits per heavy atom. The smallest absolute Gasteiger partial charge is 0.270 e. The van der Waals surface area contributed by atoms with Crippen LogP contribution in [0.2, 0.25) is 0 Å². The Morgan fingerprint density at radius 2 is 2.33 bits per heavy atom. The van der Waals surface area contributed by atoms with Crippen LogP contribution in [0.25, 0.3) is 0 Å². The summed E-state index contributed by atoms with van der Waals surface area (Å²) in [5, 5.41) is 13.9. The average Bonchev–Trinajstić information content (AvgIpc) is 2.15. The van der Waals surface area contributed by atoms with Gasteiger partial charge in [-0.15, -0.1) is 0 Å². The number of benzene rings is 1. The lowest BCUT2D eigenvalue weighted by Crippen LogP contribution is -2.01. The third kappa shape index (κ3) is 3.53. The molecule has 0 heterocycles. The van der Waals surface area contributed by atoms with E-state index in [1.54, 1.807) is 6.07 Å². The number of hydrogen-bond donors (Lipinski definition) is 1. The minimum absolute atomic E-state index is 0.0390. The second-order valence-corrected chi connectivity index (χ2v) is 4.18. The van der Waals surface area contributed by atoms with E-state index in [4.69, 9.17) is 11.6 Å². The number of rotatable bonds is 4. The van der Waals surface area contributed by atoms with Gasteiger partial charge in [0.1, 0.15) is 0 Å². The fourth-order valence-corrected chi connectivity index (χ4v) is 1.53. The molecule has 1 aromatic rings. The van der Waals surface area contributed by atoms with Gasteiger partial charge in [0.05, 0.1) is 11.5 Å².